The minimum Gasteiger partial charge on any atom is -0.406 e. The van der Waals surface area contributed by atoms with Crippen molar-refractivity contribution in [3.63, 3.8) is 0 Å². The third-order valence-corrected chi connectivity index (χ3v) is 4.05. The Morgan fingerprint density at radius 1 is 1.00 bits per heavy atom. The maximum Gasteiger partial charge on any atom is 0.573 e. The number of benzene rings is 2. The summed E-state index contributed by atoms with van der Waals surface area (Å²) < 4.78 is 62.5. The van der Waals surface area contributed by atoms with Crippen LogP contribution in [0.4, 0.5) is 13.2 Å². The van der Waals surface area contributed by atoms with Crippen molar-refractivity contribution >= 4 is 21.6 Å². The van der Waals surface area contributed by atoms with Crippen molar-refractivity contribution in [1.82, 2.24) is 0 Å². The minimum atomic E-state index is -4.76. The van der Waals surface area contributed by atoms with E-state index in [0.29, 0.717) is 11.1 Å². The minimum absolute atomic E-state index is 0.0735. The molecule has 0 amide bonds. The Morgan fingerprint density at radius 2 is 1.55 bits per heavy atom. The van der Waals surface area contributed by atoms with Crippen molar-refractivity contribution in [2.75, 3.05) is 0 Å². The standard InChI is InChI=1S/C13H9ClF3NO3S/c14-11-7-9(3-6-12(11)22(18,19)20)8-1-4-10(5-2-8)21-13(15,16)17/h1-7H,(H2,18,19,20). The smallest absolute Gasteiger partial charge is 0.406 e. The first kappa shape index (κ1) is 16.6. The van der Waals surface area contributed by atoms with E-state index in [0.717, 1.165) is 12.1 Å². The molecule has 0 saturated carbocycles. The predicted molar refractivity (Wildman–Crippen MR) is 74.9 cm³/mol. The molecule has 0 radical (unpaired) electrons. The first-order valence-corrected chi connectivity index (χ1v) is 7.67. The molecule has 2 N–H and O–H groups in total. The summed E-state index contributed by atoms with van der Waals surface area (Å²) in [7, 11) is -3.94. The van der Waals surface area contributed by atoms with Gasteiger partial charge in [-0.2, -0.15) is 0 Å². The van der Waals surface area contributed by atoms with Crippen molar-refractivity contribution in [3.8, 4) is 16.9 Å². The number of hydrogen-bond donors (Lipinski definition) is 1. The van der Waals surface area contributed by atoms with Gasteiger partial charge in [0.1, 0.15) is 10.6 Å². The monoisotopic (exact) mass is 351 g/mol. The summed E-state index contributed by atoms with van der Waals surface area (Å²) in [6, 6.07) is 9.11. The lowest BCUT2D eigenvalue weighted by Gasteiger charge is -2.10. The van der Waals surface area contributed by atoms with Gasteiger partial charge in [0.05, 0.1) is 5.02 Å². The summed E-state index contributed by atoms with van der Waals surface area (Å²) in [4.78, 5) is -0.227. The van der Waals surface area contributed by atoms with Crippen LogP contribution in [0.15, 0.2) is 47.4 Å². The van der Waals surface area contributed by atoms with Crippen molar-refractivity contribution in [1.29, 1.82) is 0 Å². The number of alkyl halides is 3. The van der Waals surface area contributed by atoms with Gasteiger partial charge < -0.3 is 4.74 Å². The number of halogens is 4. The lowest BCUT2D eigenvalue weighted by atomic mass is 10.1. The van der Waals surface area contributed by atoms with E-state index in [2.05, 4.69) is 4.74 Å². The molecule has 0 aliphatic carbocycles. The SMILES string of the molecule is NS(=O)(=O)c1ccc(-c2ccc(OC(F)(F)F)cc2)cc1Cl. The molecule has 2 rings (SSSR count). The number of sulfonamides is 1. The van der Waals surface area contributed by atoms with Crippen LogP contribution in [0.25, 0.3) is 11.1 Å². The summed E-state index contributed by atoms with van der Waals surface area (Å²) in [6.07, 6.45) is -4.76. The number of rotatable bonds is 3. The van der Waals surface area contributed by atoms with Gasteiger partial charge in [0, 0.05) is 0 Å². The molecule has 0 fully saturated rings. The molecule has 0 aliphatic rings. The van der Waals surface area contributed by atoms with Crippen LogP contribution in [0.1, 0.15) is 0 Å². The third kappa shape index (κ3) is 4.12. The molecule has 22 heavy (non-hydrogen) atoms. The first-order chi connectivity index (χ1) is 10.1. The molecule has 0 heterocycles. The third-order valence-electron chi connectivity index (χ3n) is 2.66. The number of nitrogens with two attached hydrogens (primary N) is 1. The Kier molecular flexibility index (Phi) is 4.37. The first-order valence-electron chi connectivity index (χ1n) is 5.75. The van der Waals surface area contributed by atoms with Gasteiger partial charge in [0.2, 0.25) is 10.0 Å². The van der Waals surface area contributed by atoms with E-state index in [-0.39, 0.29) is 15.7 Å². The molecule has 0 aromatic heterocycles. The molecular formula is C13H9ClF3NO3S. The topological polar surface area (TPSA) is 69.4 Å². The molecule has 9 heteroatoms. The Morgan fingerprint density at radius 3 is 2.00 bits per heavy atom. The van der Waals surface area contributed by atoms with Crippen molar-refractivity contribution in [2.45, 2.75) is 11.3 Å². The van der Waals surface area contributed by atoms with Gasteiger partial charge in [0.15, 0.2) is 0 Å². The summed E-state index contributed by atoms with van der Waals surface area (Å²) in [5, 5.41) is 4.92. The van der Waals surface area contributed by atoms with Crippen LogP contribution in [0, 0.1) is 0 Å². The Labute approximate surface area is 129 Å². The van der Waals surface area contributed by atoms with Gasteiger partial charge in [-0.15, -0.1) is 13.2 Å². The van der Waals surface area contributed by atoms with Crippen LogP contribution in [0.3, 0.4) is 0 Å². The highest BCUT2D eigenvalue weighted by Crippen LogP contribution is 2.30. The molecule has 0 atom stereocenters. The molecule has 0 unspecified atom stereocenters. The quantitative estimate of drug-likeness (QED) is 0.919. The second kappa shape index (κ2) is 5.79. The fraction of sp³-hybridized carbons (Fsp3) is 0.0769. The Hall–Kier alpha value is -1.77. The fourth-order valence-electron chi connectivity index (χ4n) is 1.76. The van der Waals surface area contributed by atoms with Gasteiger partial charge in [-0.05, 0) is 35.4 Å². The van der Waals surface area contributed by atoms with Crippen LogP contribution >= 0.6 is 11.6 Å². The van der Waals surface area contributed by atoms with Gasteiger partial charge in [-0.1, -0.05) is 29.8 Å². The summed E-state index contributed by atoms with van der Waals surface area (Å²) in [6.45, 7) is 0. The van der Waals surface area contributed by atoms with Crippen LogP contribution in [0.2, 0.25) is 5.02 Å². The molecule has 0 aliphatic heterocycles. The molecular weight excluding hydrogens is 343 g/mol. The van der Waals surface area contributed by atoms with E-state index >= 15 is 0 Å². The highest BCUT2D eigenvalue weighted by Gasteiger charge is 2.30. The number of hydrogen-bond acceptors (Lipinski definition) is 3. The molecule has 118 valence electrons. The average molecular weight is 352 g/mol. The second-order valence-electron chi connectivity index (χ2n) is 4.26. The van der Waals surface area contributed by atoms with Crippen molar-refractivity contribution in [3.05, 3.63) is 47.5 Å². The van der Waals surface area contributed by atoms with Crippen LogP contribution in [0.5, 0.6) is 5.75 Å². The van der Waals surface area contributed by atoms with Gasteiger partial charge >= 0.3 is 6.36 Å². The van der Waals surface area contributed by atoms with E-state index in [9.17, 15) is 21.6 Å². The highest BCUT2D eigenvalue weighted by atomic mass is 35.5. The Balaban J connectivity index is 2.31. The van der Waals surface area contributed by atoms with E-state index in [1.165, 1.54) is 30.3 Å². The summed E-state index contributed by atoms with van der Waals surface area (Å²) in [5.41, 5.74) is 1.06. The van der Waals surface area contributed by atoms with Crippen LogP contribution < -0.4 is 9.88 Å². The van der Waals surface area contributed by atoms with Crippen molar-refractivity contribution in [2.24, 2.45) is 5.14 Å². The average Bonchev–Trinajstić information content (AvgIpc) is 2.36. The molecule has 2 aromatic carbocycles. The molecule has 0 saturated heterocycles. The number of ether oxygens (including phenoxy) is 1. The molecule has 0 bridgehead atoms. The predicted octanol–water partition coefficient (Wildman–Crippen LogP) is 3.55. The van der Waals surface area contributed by atoms with Crippen molar-refractivity contribution < 1.29 is 26.3 Å². The molecule has 0 spiro atoms. The van der Waals surface area contributed by atoms with E-state index < -0.39 is 16.4 Å². The van der Waals surface area contributed by atoms with E-state index in [1.54, 1.807) is 0 Å². The maximum absolute atomic E-state index is 12.1. The highest BCUT2D eigenvalue weighted by molar-refractivity contribution is 7.89. The fourth-order valence-corrected chi connectivity index (χ4v) is 2.85. The number of primary sulfonamides is 1. The summed E-state index contributed by atoms with van der Waals surface area (Å²) in [5.74, 6) is -0.358. The largest absolute Gasteiger partial charge is 0.573 e. The Bertz CT molecular complexity index is 789. The lowest BCUT2D eigenvalue weighted by Crippen LogP contribution is -2.16. The van der Waals surface area contributed by atoms with Crippen LogP contribution in [-0.4, -0.2) is 14.8 Å². The zero-order valence-corrected chi connectivity index (χ0v) is 12.3. The van der Waals surface area contributed by atoms with Gasteiger partial charge in [0.25, 0.3) is 0 Å². The van der Waals surface area contributed by atoms with Gasteiger partial charge in [-0.25, -0.2) is 13.6 Å². The van der Waals surface area contributed by atoms with Gasteiger partial charge in [-0.3, -0.25) is 0 Å². The lowest BCUT2D eigenvalue weighted by molar-refractivity contribution is -0.274. The van der Waals surface area contributed by atoms with E-state index in [1.807, 2.05) is 0 Å². The molecule has 2 aromatic rings. The van der Waals surface area contributed by atoms with Crippen LogP contribution in [-0.2, 0) is 10.0 Å². The second-order valence-corrected chi connectivity index (χ2v) is 6.20. The zero-order chi connectivity index (χ0) is 16.5. The van der Waals surface area contributed by atoms with E-state index in [4.69, 9.17) is 16.7 Å². The maximum atomic E-state index is 12.1. The normalized spacial score (nSPS) is 12.2. The summed E-state index contributed by atoms with van der Waals surface area (Å²) >= 11 is 5.85. The molecule has 4 nitrogen and oxygen atoms in total. The zero-order valence-electron chi connectivity index (χ0n) is 10.8.